The van der Waals surface area contributed by atoms with E-state index in [1.807, 2.05) is 16.8 Å². The molecule has 0 saturated heterocycles. The van der Waals surface area contributed by atoms with E-state index in [-0.39, 0.29) is 0 Å². The van der Waals surface area contributed by atoms with Crippen molar-refractivity contribution in [1.29, 1.82) is 0 Å². The molecule has 0 aliphatic carbocycles. The molecule has 21 heavy (non-hydrogen) atoms. The fourth-order valence-electron chi connectivity index (χ4n) is 2.35. The van der Waals surface area contributed by atoms with Crippen LogP contribution in [0.5, 0.6) is 0 Å². The number of para-hydroxylation sites is 1. The smallest absolute Gasteiger partial charge is 0.196 e. The second kappa shape index (κ2) is 6.01. The molecular weight excluding hydrogens is 266 g/mol. The maximum Gasteiger partial charge on any atom is 0.196 e. The molecule has 2 aromatic heterocycles. The Kier molecular flexibility index (Phi) is 3.92. The van der Waals surface area contributed by atoms with Crippen molar-refractivity contribution in [1.82, 2.24) is 35.3 Å². The van der Waals surface area contributed by atoms with Crippen LogP contribution in [0.2, 0.25) is 0 Å². The lowest BCUT2D eigenvalue weighted by Gasteiger charge is -1.99. The summed E-state index contributed by atoms with van der Waals surface area (Å²) in [5, 5.41) is 21.4. The van der Waals surface area contributed by atoms with Crippen molar-refractivity contribution in [3.05, 3.63) is 35.8 Å². The highest BCUT2D eigenvalue weighted by molar-refractivity contribution is 5.81. The normalized spacial score (nSPS) is 11.3. The second-order valence-electron chi connectivity index (χ2n) is 4.99. The van der Waals surface area contributed by atoms with E-state index in [1.165, 1.54) is 10.2 Å². The van der Waals surface area contributed by atoms with Gasteiger partial charge in [-0.15, -0.1) is 10.2 Å². The molecule has 0 saturated carbocycles. The first-order valence-electron chi connectivity index (χ1n) is 7.16. The van der Waals surface area contributed by atoms with Crippen LogP contribution in [0.4, 0.5) is 0 Å². The Hall–Kier alpha value is -2.28. The Morgan fingerprint density at radius 2 is 2.05 bits per heavy atom. The first-order valence-corrected chi connectivity index (χ1v) is 7.16. The summed E-state index contributed by atoms with van der Waals surface area (Å²) in [6, 6.07) is 8.24. The number of fused-ring (bicyclic) bond motifs is 1. The number of rotatable bonds is 6. The molecule has 0 atom stereocenters. The molecule has 0 aliphatic heterocycles. The van der Waals surface area contributed by atoms with Gasteiger partial charge in [-0.25, -0.2) is 0 Å². The highest BCUT2D eigenvalue weighted by atomic mass is 15.6. The lowest BCUT2D eigenvalue weighted by Crippen LogP contribution is -2.14. The zero-order valence-corrected chi connectivity index (χ0v) is 12.3. The number of tetrazole rings is 1. The van der Waals surface area contributed by atoms with Crippen molar-refractivity contribution >= 4 is 10.9 Å². The molecular formula is C14H19N7. The maximum absolute atomic E-state index is 4.70. The van der Waals surface area contributed by atoms with E-state index in [2.05, 4.69) is 39.8 Å². The standard InChI is InChI=1S/C14H19N7/c1-3-8-15-9-12-11-6-4-5-7-13(11)21(17-12)10-14-16-19-20(2)18-14/h4-7,15H,3,8-10H2,1-2H3. The van der Waals surface area contributed by atoms with E-state index in [0.29, 0.717) is 12.4 Å². The highest BCUT2D eigenvalue weighted by Gasteiger charge is 2.11. The summed E-state index contributed by atoms with van der Waals surface area (Å²) in [5.74, 6) is 0.666. The molecule has 0 spiro atoms. The molecule has 1 N–H and O–H groups in total. The minimum Gasteiger partial charge on any atom is -0.311 e. The Balaban J connectivity index is 1.90. The van der Waals surface area contributed by atoms with Gasteiger partial charge >= 0.3 is 0 Å². The third-order valence-corrected chi connectivity index (χ3v) is 3.29. The van der Waals surface area contributed by atoms with Crippen molar-refractivity contribution < 1.29 is 0 Å². The molecule has 3 aromatic rings. The van der Waals surface area contributed by atoms with Gasteiger partial charge in [-0.05, 0) is 24.2 Å². The van der Waals surface area contributed by atoms with Gasteiger partial charge in [0.25, 0.3) is 0 Å². The zero-order chi connectivity index (χ0) is 14.7. The van der Waals surface area contributed by atoms with Crippen LogP contribution in [-0.2, 0) is 20.1 Å². The Morgan fingerprint density at radius 3 is 2.81 bits per heavy atom. The predicted molar refractivity (Wildman–Crippen MR) is 79.6 cm³/mol. The Morgan fingerprint density at radius 1 is 1.19 bits per heavy atom. The van der Waals surface area contributed by atoms with E-state index in [9.17, 15) is 0 Å². The summed E-state index contributed by atoms with van der Waals surface area (Å²) >= 11 is 0. The lowest BCUT2D eigenvalue weighted by atomic mass is 10.2. The first kappa shape index (κ1) is 13.7. The van der Waals surface area contributed by atoms with Crippen molar-refractivity contribution in [2.75, 3.05) is 6.54 Å². The number of hydrogen-bond acceptors (Lipinski definition) is 5. The van der Waals surface area contributed by atoms with Gasteiger partial charge in [-0.3, -0.25) is 4.68 Å². The third-order valence-electron chi connectivity index (χ3n) is 3.29. The number of benzene rings is 1. The van der Waals surface area contributed by atoms with Crippen LogP contribution in [0, 0.1) is 0 Å². The quantitative estimate of drug-likeness (QED) is 0.687. The summed E-state index contributed by atoms with van der Waals surface area (Å²) in [7, 11) is 1.76. The predicted octanol–water partition coefficient (Wildman–Crippen LogP) is 1.11. The van der Waals surface area contributed by atoms with Gasteiger partial charge < -0.3 is 5.32 Å². The molecule has 0 aliphatic rings. The molecule has 7 heteroatoms. The molecule has 0 amide bonds. The van der Waals surface area contributed by atoms with Gasteiger partial charge in [0.05, 0.1) is 18.3 Å². The largest absolute Gasteiger partial charge is 0.311 e. The summed E-state index contributed by atoms with van der Waals surface area (Å²) in [6.07, 6.45) is 1.11. The number of hydrogen-bond donors (Lipinski definition) is 1. The number of aromatic nitrogens is 6. The van der Waals surface area contributed by atoms with E-state index in [1.54, 1.807) is 7.05 Å². The van der Waals surface area contributed by atoms with Crippen molar-refractivity contribution in [3.63, 3.8) is 0 Å². The van der Waals surface area contributed by atoms with Crippen LogP contribution in [-0.4, -0.2) is 36.5 Å². The first-order chi connectivity index (χ1) is 10.3. The zero-order valence-electron chi connectivity index (χ0n) is 12.3. The third kappa shape index (κ3) is 2.92. The fourth-order valence-corrected chi connectivity index (χ4v) is 2.35. The van der Waals surface area contributed by atoms with Gasteiger partial charge in [0.15, 0.2) is 5.82 Å². The van der Waals surface area contributed by atoms with Crippen LogP contribution in [0.15, 0.2) is 24.3 Å². The summed E-state index contributed by atoms with van der Waals surface area (Å²) in [6.45, 7) is 4.45. The number of nitrogens with one attached hydrogen (secondary N) is 1. The Bertz CT molecular complexity index is 728. The minimum atomic E-state index is 0.530. The number of aryl methyl sites for hydroxylation is 1. The summed E-state index contributed by atoms with van der Waals surface area (Å²) in [5.41, 5.74) is 2.15. The van der Waals surface area contributed by atoms with E-state index >= 15 is 0 Å². The topological polar surface area (TPSA) is 73.5 Å². The van der Waals surface area contributed by atoms with Crippen molar-refractivity contribution in [2.45, 2.75) is 26.4 Å². The average Bonchev–Trinajstić information content (AvgIpc) is 3.05. The highest BCUT2D eigenvalue weighted by Crippen LogP contribution is 2.18. The molecule has 0 fully saturated rings. The van der Waals surface area contributed by atoms with Gasteiger partial charge in [-0.1, -0.05) is 25.1 Å². The minimum absolute atomic E-state index is 0.530. The van der Waals surface area contributed by atoms with Gasteiger partial charge in [0.1, 0.15) is 6.54 Å². The van der Waals surface area contributed by atoms with Crippen molar-refractivity contribution in [3.8, 4) is 0 Å². The monoisotopic (exact) mass is 285 g/mol. The molecule has 3 rings (SSSR count). The van der Waals surface area contributed by atoms with E-state index < -0.39 is 0 Å². The number of nitrogens with zero attached hydrogens (tertiary/aromatic N) is 6. The van der Waals surface area contributed by atoms with E-state index in [0.717, 1.165) is 30.7 Å². The van der Waals surface area contributed by atoms with E-state index in [4.69, 9.17) is 5.10 Å². The Labute approximate surface area is 123 Å². The molecule has 0 bridgehead atoms. The summed E-state index contributed by atoms with van der Waals surface area (Å²) in [4.78, 5) is 1.46. The van der Waals surface area contributed by atoms with Gasteiger partial charge in [0.2, 0.25) is 0 Å². The lowest BCUT2D eigenvalue weighted by molar-refractivity contribution is 0.612. The van der Waals surface area contributed by atoms with Crippen LogP contribution in [0.1, 0.15) is 24.9 Å². The fraction of sp³-hybridized carbons (Fsp3) is 0.429. The van der Waals surface area contributed by atoms with Crippen LogP contribution in [0.25, 0.3) is 10.9 Å². The van der Waals surface area contributed by atoms with Crippen LogP contribution >= 0.6 is 0 Å². The van der Waals surface area contributed by atoms with Crippen LogP contribution < -0.4 is 5.32 Å². The van der Waals surface area contributed by atoms with Crippen LogP contribution in [0.3, 0.4) is 0 Å². The second-order valence-corrected chi connectivity index (χ2v) is 4.99. The van der Waals surface area contributed by atoms with Crippen molar-refractivity contribution in [2.24, 2.45) is 7.05 Å². The van der Waals surface area contributed by atoms with Gasteiger partial charge in [-0.2, -0.15) is 9.90 Å². The molecule has 1 aromatic carbocycles. The average molecular weight is 285 g/mol. The van der Waals surface area contributed by atoms with Gasteiger partial charge in [0, 0.05) is 11.9 Å². The molecule has 7 nitrogen and oxygen atoms in total. The molecule has 0 unspecified atom stereocenters. The molecule has 110 valence electrons. The molecule has 2 heterocycles. The summed E-state index contributed by atoms with van der Waals surface area (Å²) < 4.78 is 1.94. The maximum atomic E-state index is 4.70. The molecule has 0 radical (unpaired) electrons. The SMILES string of the molecule is CCCNCc1nn(Cc2nnn(C)n2)c2ccccc12.